The minimum atomic E-state index is -3.91. The molecule has 0 aromatic heterocycles. The molecule has 1 rings (SSSR count). The summed E-state index contributed by atoms with van der Waals surface area (Å²) in [6.45, 7) is 7.64. The molecule has 2 unspecified atom stereocenters. The van der Waals surface area contributed by atoms with Crippen LogP contribution in [0.25, 0.3) is 0 Å². The maximum Gasteiger partial charge on any atom is 0.777 e. The Kier molecular flexibility index (Phi) is 6.51. The summed E-state index contributed by atoms with van der Waals surface area (Å²) in [5.74, 6) is 0.496. The number of rotatable bonds is 8. The van der Waals surface area contributed by atoms with Crippen LogP contribution in [0.5, 0.6) is 5.75 Å². The van der Waals surface area contributed by atoms with Crippen LogP contribution < -0.4 is 4.43 Å². The van der Waals surface area contributed by atoms with Crippen molar-refractivity contribution >= 4 is 9.05 Å². The molecule has 0 aliphatic rings. The molecule has 5 heteroatoms. The molecule has 0 saturated heterocycles. The van der Waals surface area contributed by atoms with Crippen molar-refractivity contribution in [3.05, 3.63) is 30.3 Å². The van der Waals surface area contributed by atoms with Gasteiger partial charge in [0, 0.05) is 12.2 Å². The van der Waals surface area contributed by atoms with Gasteiger partial charge in [-0.1, -0.05) is 32.0 Å². The normalized spacial score (nSPS) is 17.5. The van der Waals surface area contributed by atoms with Crippen molar-refractivity contribution in [3.8, 4) is 5.75 Å². The third-order valence-electron chi connectivity index (χ3n) is 2.83. The molecule has 0 bridgehead atoms. The zero-order chi connectivity index (χ0) is 14.3. The van der Waals surface area contributed by atoms with Gasteiger partial charge in [0.05, 0.1) is 0 Å². The van der Waals surface area contributed by atoms with E-state index >= 15 is 0 Å². The highest BCUT2D eigenvalue weighted by atomic mass is 28.4. The lowest BCUT2D eigenvalue weighted by atomic mass is 10.3. The van der Waals surface area contributed by atoms with Crippen molar-refractivity contribution in [2.75, 3.05) is 0 Å². The summed E-state index contributed by atoms with van der Waals surface area (Å²) in [6, 6.07) is 8.97. The summed E-state index contributed by atoms with van der Waals surface area (Å²) in [5.41, 5.74) is 0. The number of hydrogen-bond acceptors (Lipinski definition) is 3. The van der Waals surface area contributed by atoms with Crippen LogP contribution in [0.15, 0.2) is 30.3 Å². The van der Waals surface area contributed by atoms with E-state index in [9.17, 15) is 4.80 Å². The Morgan fingerprint density at radius 3 is 1.89 bits per heavy atom. The Balaban J connectivity index is 2.78. The van der Waals surface area contributed by atoms with Crippen molar-refractivity contribution in [1.29, 1.82) is 0 Å². The van der Waals surface area contributed by atoms with E-state index in [4.69, 9.17) is 13.3 Å². The number of para-hydroxylation sites is 1. The molecule has 1 radical (unpaired) electrons. The first-order chi connectivity index (χ1) is 8.99. The van der Waals surface area contributed by atoms with Gasteiger partial charge in [0.2, 0.25) is 0 Å². The van der Waals surface area contributed by atoms with Gasteiger partial charge in [-0.3, -0.25) is 0 Å². The fourth-order valence-electron chi connectivity index (χ4n) is 1.37. The minimum Gasteiger partial charge on any atom is -0.479 e. The predicted molar refractivity (Wildman–Crippen MR) is 75.2 cm³/mol. The topological polar surface area (TPSA) is 47.6 Å². The molecule has 19 heavy (non-hydrogen) atoms. The molecule has 0 heterocycles. The minimum absolute atomic E-state index is 0.170. The van der Waals surface area contributed by atoms with Crippen LogP contribution in [-0.2, 0) is 13.6 Å². The monoisotopic (exact) mass is 283 g/mol. The zero-order valence-electron chi connectivity index (χ0n) is 12.1. The maximum atomic E-state index is 12.7. The molecule has 0 amide bonds. The van der Waals surface area contributed by atoms with E-state index in [1.165, 1.54) is 0 Å². The molecule has 0 aliphatic carbocycles. The molecule has 0 aliphatic heterocycles. The first-order valence-corrected chi connectivity index (χ1v) is 8.42. The van der Waals surface area contributed by atoms with Gasteiger partial charge < -0.3 is 13.3 Å². The summed E-state index contributed by atoms with van der Waals surface area (Å²) in [4.78, 5) is 12.7. The average Bonchev–Trinajstić information content (AvgIpc) is 2.39. The van der Waals surface area contributed by atoms with Crippen LogP contribution >= 0.6 is 0 Å². The lowest BCUT2D eigenvalue weighted by molar-refractivity contribution is -0.0357. The van der Waals surface area contributed by atoms with Crippen molar-refractivity contribution in [1.82, 2.24) is 0 Å². The average molecular weight is 283 g/mol. The predicted octanol–water partition coefficient (Wildman–Crippen LogP) is 3.56. The summed E-state index contributed by atoms with van der Waals surface area (Å²) in [5, 5.41) is 0. The maximum absolute atomic E-state index is 12.7. The molecule has 4 nitrogen and oxygen atoms in total. The number of hydrogen-bond donors (Lipinski definition) is 0. The van der Waals surface area contributed by atoms with Crippen molar-refractivity contribution in [2.24, 2.45) is 0 Å². The van der Waals surface area contributed by atoms with Crippen LogP contribution in [0.1, 0.15) is 40.5 Å². The summed E-state index contributed by atoms with van der Waals surface area (Å²) >= 11 is 0. The van der Waals surface area contributed by atoms with Gasteiger partial charge in [-0.15, -0.1) is 0 Å². The number of benzene rings is 1. The Morgan fingerprint density at radius 1 is 1.00 bits per heavy atom. The third-order valence-corrected chi connectivity index (χ3v) is 4.69. The summed E-state index contributed by atoms with van der Waals surface area (Å²) < 4.78 is 16.5. The van der Waals surface area contributed by atoms with E-state index < -0.39 is 9.05 Å². The van der Waals surface area contributed by atoms with Crippen molar-refractivity contribution in [3.63, 3.8) is 0 Å². The Morgan fingerprint density at radius 2 is 1.47 bits per heavy atom. The van der Waals surface area contributed by atoms with Gasteiger partial charge >= 0.3 is 9.05 Å². The highest BCUT2D eigenvalue weighted by molar-refractivity contribution is 6.52. The molecule has 1 aromatic carbocycles. The second kappa shape index (κ2) is 7.64. The van der Waals surface area contributed by atoms with E-state index in [0.29, 0.717) is 5.75 Å². The fraction of sp³-hybridized carbons (Fsp3) is 0.571. The third kappa shape index (κ3) is 5.73. The molecule has 1 aromatic rings. The molecule has 0 N–H and O–H groups in total. The molecule has 107 valence electrons. The van der Waals surface area contributed by atoms with Crippen LogP contribution in [0.4, 0.5) is 0 Å². The SMILES string of the molecule is CCC(C)O[Si]([O])(Oc1ccccc1)OC(C)CC. The molecule has 0 fully saturated rings. The van der Waals surface area contributed by atoms with Gasteiger partial charge in [0.25, 0.3) is 0 Å². The van der Waals surface area contributed by atoms with Crippen LogP contribution in [0, 0.1) is 0 Å². The second-order valence-electron chi connectivity index (χ2n) is 4.59. The van der Waals surface area contributed by atoms with E-state index in [1.807, 2.05) is 45.9 Å². The van der Waals surface area contributed by atoms with E-state index in [0.717, 1.165) is 12.8 Å². The van der Waals surface area contributed by atoms with E-state index in [1.54, 1.807) is 12.1 Å². The van der Waals surface area contributed by atoms with Crippen LogP contribution in [0.2, 0.25) is 0 Å². The molecule has 2 atom stereocenters. The Labute approximate surface area is 116 Å². The van der Waals surface area contributed by atoms with Crippen molar-refractivity contribution in [2.45, 2.75) is 52.7 Å². The quantitative estimate of drug-likeness (QED) is 0.685. The lowest BCUT2D eigenvalue weighted by Gasteiger charge is -2.27. The smallest absolute Gasteiger partial charge is 0.479 e. The summed E-state index contributed by atoms with van der Waals surface area (Å²) in [6.07, 6.45) is 1.16. The van der Waals surface area contributed by atoms with Gasteiger partial charge in [-0.05, 0) is 38.8 Å². The van der Waals surface area contributed by atoms with E-state index in [2.05, 4.69) is 0 Å². The highest BCUT2D eigenvalue weighted by Gasteiger charge is 2.49. The van der Waals surface area contributed by atoms with Gasteiger partial charge in [0.15, 0.2) is 0 Å². The van der Waals surface area contributed by atoms with Crippen molar-refractivity contribution < 1.29 is 18.1 Å². The first kappa shape index (κ1) is 16.2. The standard InChI is InChI=1S/C14H23O4Si/c1-5-12(3)16-19(15,17-13(4)6-2)18-14-10-8-7-9-11-14/h7-13H,5-6H2,1-4H3. The molecular weight excluding hydrogens is 260 g/mol. The molecule has 0 spiro atoms. The van der Waals surface area contributed by atoms with E-state index in [-0.39, 0.29) is 12.2 Å². The van der Waals surface area contributed by atoms with Crippen LogP contribution in [0.3, 0.4) is 0 Å². The zero-order valence-corrected chi connectivity index (χ0v) is 13.1. The second-order valence-corrected chi connectivity index (χ2v) is 6.26. The Bertz CT molecular complexity index is 346. The van der Waals surface area contributed by atoms with Gasteiger partial charge in [-0.25, -0.2) is 0 Å². The fourth-order valence-corrected chi connectivity index (χ4v) is 3.26. The highest BCUT2D eigenvalue weighted by Crippen LogP contribution is 2.20. The van der Waals surface area contributed by atoms with Gasteiger partial charge in [0.1, 0.15) is 5.75 Å². The van der Waals surface area contributed by atoms with Gasteiger partial charge in [-0.2, -0.15) is 4.80 Å². The largest absolute Gasteiger partial charge is 0.777 e. The molecule has 0 saturated carbocycles. The summed E-state index contributed by atoms with van der Waals surface area (Å²) in [7, 11) is -3.91. The lowest BCUT2D eigenvalue weighted by Crippen LogP contribution is -2.51. The first-order valence-electron chi connectivity index (χ1n) is 6.79. The molecular formula is C14H23O4Si. The van der Waals surface area contributed by atoms with Crippen LogP contribution in [-0.4, -0.2) is 21.3 Å². The Hall–Kier alpha value is -0.883.